The fourth-order valence-electron chi connectivity index (χ4n) is 2.89. The van der Waals surface area contributed by atoms with Crippen molar-refractivity contribution in [3.8, 4) is 0 Å². The highest BCUT2D eigenvalue weighted by Gasteiger charge is 2.17. The molecule has 2 aromatic rings. The zero-order valence-corrected chi connectivity index (χ0v) is 12.1. The van der Waals surface area contributed by atoms with E-state index in [1.165, 1.54) is 16.5 Å². The Balaban J connectivity index is 1.57. The number of nitrogens with one attached hydrogen (secondary N) is 1. The van der Waals surface area contributed by atoms with Crippen molar-refractivity contribution in [1.82, 2.24) is 14.8 Å². The Morgan fingerprint density at radius 2 is 1.85 bits per heavy atom. The lowest BCUT2D eigenvalue weighted by Crippen LogP contribution is -2.46. The zero-order chi connectivity index (χ0) is 13.8. The highest BCUT2D eigenvalue weighted by molar-refractivity contribution is 5.82. The van der Waals surface area contributed by atoms with Crippen molar-refractivity contribution in [3.63, 3.8) is 0 Å². The van der Waals surface area contributed by atoms with E-state index in [-0.39, 0.29) is 0 Å². The van der Waals surface area contributed by atoms with Gasteiger partial charge in [0.15, 0.2) is 0 Å². The predicted molar refractivity (Wildman–Crippen MR) is 81.9 cm³/mol. The molecule has 0 unspecified atom stereocenters. The summed E-state index contributed by atoms with van der Waals surface area (Å²) < 4.78 is 5.15. The number of para-hydroxylation sites is 1. The molecule has 1 aromatic carbocycles. The SMILES string of the molecule is COCCN1CCN(Cc2c[nH]c3ccccc23)CC1. The Bertz CT molecular complexity index is 543. The molecular formula is C16H23N3O. The molecule has 0 saturated carbocycles. The Morgan fingerprint density at radius 1 is 1.10 bits per heavy atom. The van der Waals surface area contributed by atoms with Gasteiger partial charge in [-0.05, 0) is 11.6 Å². The Hall–Kier alpha value is -1.36. The van der Waals surface area contributed by atoms with E-state index < -0.39 is 0 Å². The maximum Gasteiger partial charge on any atom is 0.0589 e. The lowest BCUT2D eigenvalue weighted by molar-refractivity contribution is 0.0940. The first-order chi connectivity index (χ1) is 9.86. The molecule has 1 aromatic heterocycles. The monoisotopic (exact) mass is 273 g/mol. The first-order valence-electron chi connectivity index (χ1n) is 7.35. The van der Waals surface area contributed by atoms with Gasteiger partial charge in [0.25, 0.3) is 0 Å². The lowest BCUT2D eigenvalue weighted by atomic mass is 10.1. The molecule has 2 heterocycles. The molecule has 108 valence electrons. The zero-order valence-electron chi connectivity index (χ0n) is 12.1. The van der Waals surface area contributed by atoms with Gasteiger partial charge in [0.2, 0.25) is 0 Å². The number of benzene rings is 1. The van der Waals surface area contributed by atoms with E-state index in [0.717, 1.165) is 45.9 Å². The Labute approximate surface area is 120 Å². The molecule has 0 amide bonds. The van der Waals surface area contributed by atoms with Gasteiger partial charge in [0, 0.05) is 63.5 Å². The van der Waals surface area contributed by atoms with E-state index in [2.05, 4.69) is 45.2 Å². The number of ether oxygens (including phenoxy) is 1. The van der Waals surface area contributed by atoms with Crippen LogP contribution >= 0.6 is 0 Å². The summed E-state index contributed by atoms with van der Waals surface area (Å²) in [7, 11) is 1.77. The van der Waals surface area contributed by atoms with Gasteiger partial charge in [0.1, 0.15) is 0 Å². The van der Waals surface area contributed by atoms with Gasteiger partial charge in [-0.25, -0.2) is 0 Å². The molecule has 0 radical (unpaired) electrons. The van der Waals surface area contributed by atoms with Crippen LogP contribution in [0, 0.1) is 0 Å². The summed E-state index contributed by atoms with van der Waals surface area (Å²) in [5, 5.41) is 1.36. The molecule has 0 spiro atoms. The minimum atomic E-state index is 0.836. The summed E-state index contributed by atoms with van der Waals surface area (Å²) in [4.78, 5) is 8.38. The van der Waals surface area contributed by atoms with Crippen LogP contribution in [0.1, 0.15) is 5.56 Å². The molecule has 1 saturated heterocycles. The number of hydrogen-bond acceptors (Lipinski definition) is 3. The number of methoxy groups -OCH3 is 1. The minimum Gasteiger partial charge on any atom is -0.383 e. The lowest BCUT2D eigenvalue weighted by Gasteiger charge is -2.34. The van der Waals surface area contributed by atoms with Crippen molar-refractivity contribution in [3.05, 3.63) is 36.0 Å². The van der Waals surface area contributed by atoms with Gasteiger partial charge >= 0.3 is 0 Å². The molecule has 0 atom stereocenters. The summed E-state index contributed by atoms with van der Waals surface area (Å²) in [6, 6.07) is 8.54. The molecule has 1 aliphatic heterocycles. The van der Waals surface area contributed by atoms with Gasteiger partial charge in [0.05, 0.1) is 6.61 Å². The van der Waals surface area contributed by atoms with Crippen molar-refractivity contribution < 1.29 is 4.74 Å². The van der Waals surface area contributed by atoms with Crippen LogP contribution in [0.3, 0.4) is 0 Å². The van der Waals surface area contributed by atoms with Crippen molar-refractivity contribution >= 4 is 10.9 Å². The second-order valence-electron chi connectivity index (χ2n) is 5.47. The summed E-state index contributed by atoms with van der Waals surface area (Å²) >= 11 is 0. The number of fused-ring (bicyclic) bond motifs is 1. The Morgan fingerprint density at radius 3 is 2.65 bits per heavy atom. The first kappa shape index (κ1) is 13.6. The van der Waals surface area contributed by atoms with Gasteiger partial charge in [-0.2, -0.15) is 0 Å². The number of H-pyrrole nitrogens is 1. The number of aromatic nitrogens is 1. The fraction of sp³-hybridized carbons (Fsp3) is 0.500. The van der Waals surface area contributed by atoms with Crippen molar-refractivity contribution in [1.29, 1.82) is 0 Å². The number of nitrogens with zero attached hydrogens (tertiary/aromatic N) is 2. The Kier molecular flexibility index (Phi) is 4.35. The second-order valence-corrected chi connectivity index (χ2v) is 5.47. The van der Waals surface area contributed by atoms with E-state index in [1.54, 1.807) is 7.11 Å². The quantitative estimate of drug-likeness (QED) is 0.903. The molecule has 0 aliphatic carbocycles. The van der Waals surface area contributed by atoms with Crippen LogP contribution < -0.4 is 0 Å². The standard InChI is InChI=1S/C16H23N3O/c1-20-11-10-18-6-8-19(9-7-18)13-14-12-17-16-5-3-2-4-15(14)16/h2-5,12,17H,6-11,13H2,1H3. The largest absolute Gasteiger partial charge is 0.383 e. The van der Waals surface area contributed by atoms with Crippen molar-refractivity contribution in [2.24, 2.45) is 0 Å². The van der Waals surface area contributed by atoms with Gasteiger partial charge in [-0.1, -0.05) is 18.2 Å². The second kappa shape index (κ2) is 6.39. The average molecular weight is 273 g/mol. The fourth-order valence-corrected chi connectivity index (χ4v) is 2.89. The summed E-state index contributed by atoms with van der Waals surface area (Å²) in [5.41, 5.74) is 2.65. The third-order valence-electron chi connectivity index (χ3n) is 4.15. The van der Waals surface area contributed by atoms with Crippen molar-refractivity contribution in [2.45, 2.75) is 6.54 Å². The number of hydrogen-bond donors (Lipinski definition) is 1. The van der Waals surface area contributed by atoms with Crippen LogP contribution in [0.25, 0.3) is 10.9 Å². The average Bonchev–Trinajstić information content (AvgIpc) is 2.90. The minimum absolute atomic E-state index is 0.836. The van der Waals surface area contributed by atoms with Gasteiger partial charge in [-0.3, -0.25) is 9.80 Å². The molecule has 4 heteroatoms. The van der Waals surface area contributed by atoms with E-state index in [1.807, 2.05) is 0 Å². The molecule has 3 rings (SSSR count). The highest BCUT2D eigenvalue weighted by atomic mass is 16.5. The summed E-state index contributed by atoms with van der Waals surface area (Å²) in [6.45, 7) is 7.51. The summed E-state index contributed by atoms with van der Waals surface area (Å²) in [5.74, 6) is 0. The normalized spacial score (nSPS) is 17.9. The summed E-state index contributed by atoms with van der Waals surface area (Å²) in [6.07, 6.45) is 2.15. The van der Waals surface area contributed by atoms with Crippen LogP contribution in [0.4, 0.5) is 0 Å². The molecule has 1 N–H and O–H groups in total. The molecule has 1 fully saturated rings. The van der Waals surface area contributed by atoms with E-state index in [9.17, 15) is 0 Å². The van der Waals surface area contributed by atoms with E-state index >= 15 is 0 Å². The first-order valence-corrected chi connectivity index (χ1v) is 7.35. The van der Waals surface area contributed by atoms with Crippen LogP contribution in [0.2, 0.25) is 0 Å². The van der Waals surface area contributed by atoms with Crippen LogP contribution in [-0.2, 0) is 11.3 Å². The third kappa shape index (κ3) is 3.03. The molecular weight excluding hydrogens is 250 g/mol. The molecule has 1 aliphatic rings. The van der Waals surface area contributed by atoms with E-state index in [0.29, 0.717) is 0 Å². The maximum absolute atomic E-state index is 5.15. The molecule has 20 heavy (non-hydrogen) atoms. The highest BCUT2D eigenvalue weighted by Crippen LogP contribution is 2.19. The maximum atomic E-state index is 5.15. The topological polar surface area (TPSA) is 31.5 Å². The van der Waals surface area contributed by atoms with E-state index in [4.69, 9.17) is 4.74 Å². The third-order valence-corrected chi connectivity index (χ3v) is 4.15. The molecule has 0 bridgehead atoms. The smallest absolute Gasteiger partial charge is 0.0589 e. The number of piperazine rings is 1. The van der Waals surface area contributed by atoms with Crippen LogP contribution in [0.15, 0.2) is 30.5 Å². The van der Waals surface area contributed by atoms with Crippen LogP contribution in [0.5, 0.6) is 0 Å². The number of aromatic amines is 1. The van der Waals surface area contributed by atoms with Gasteiger partial charge in [-0.15, -0.1) is 0 Å². The van der Waals surface area contributed by atoms with Crippen LogP contribution in [-0.4, -0.2) is 61.2 Å². The van der Waals surface area contributed by atoms with Gasteiger partial charge < -0.3 is 9.72 Å². The number of rotatable bonds is 5. The van der Waals surface area contributed by atoms with Crippen molar-refractivity contribution in [2.75, 3.05) is 46.4 Å². The molecule has 4 nitrogen and oxygen atoms in total. The predicted octanol–water partition coefficient (Wildman–Crippen LogP) is 1.93.